The van der Waals surface area contributed by atoms with E-state index in [2.05, 4.69) is 15.5 Å². The second-order valence-corrected chi connectivity index (χ2v) is 3.82. The molecule has 0 spiro atoms. The van der Waals surface area contributed by atoms with Crippen molar-refractivity contribution >= 4 is 5.91 Å². The van der Waals surface area contributed by atoms with Gasteiger partial charge in [-0.25, -0.2) is 0 Å². The van der Waals surface area contributed by atoms with Gasteiger partial charge < -0.3 is 11.1 Å². The van der Waals surface area contributed by atoms with Gasteiger partial charge in [-0.3, -0.25) is 4.79 Å². The van der Waals surface area contributed by atoms with Crippen molar-refractivity contribution in [3.8, 4) is 0 Å². The SMILES string of the molecule is CC1=C2C(=C(C(N)=O)CCNC2C)N=N1. The lowest BCUT2D eigenvalue weighted by molar-refractivity contribution is -0.114. The van der Waals surface area contributed by atoms with Crippen LogP contribution in [-0.4, -0.2) is 18.5 Å². The van der Waals surface area contributed by atoms with Crippen LogP contribution < -0.4 is 11.1 Å². The molecule has 0 aromatic rings. The van der Waals surface area contributed by atoms with Crippen molar-refractivity contribution in [2.24, 2.45) is 16.0 Å². The normalized spacial score (nSPS) is 25.6. The van der Waals surface area contributed by atoms with Gasteiger partial charge in [-0.2, -0.15) is 5.11 Å². The summed E-state index contributed by atoms with van der Waals surface area (Å²) in [4.78, 5) is 11.3. The Labute approximate surface area is 88.1 Å². The van der Waals surface area contributed by atoms with Crippen molar-refractivity contribution in [3.63, 3.8) is 0 Å². The number of primary amides is 1. The lowest BCUT2D eigenvalue weighted by Crippen LogP contribution is -2.27. The van der Waals surface area contributed by atoms with Gasteiger partial charge in [0.25, 0.3) is 0 Å². The Morgan fingerprint density at radius 2 is 2.27 bits per heavy atom. The summed E-state index contributed by atoms with van der Waals surface area (Å²) in [7, 11) is 0. The van der Waals surface area contributed by atoms with Crippen LogP contribution in [0.25, 0.3) is 0 Å². The molecule has 0 bridgehead atoms. The molecule has 2 aliphatic rings. The Hall–Kier alpha value is -1.49. The molecule has 0 saturated carbocycles. The first-order valence-corrected chi connectivity index (χ1v) is 5.00. The van der Waals surface area contributed by atoms with E-state index in [1.807, 2.05) is 13.8 Å². The van der Waals surface area contributed by atoms with Crippen LogP contribution in [-0.2, 0) is 4.79 Å². The largest absolute Gasteiger partial charge is 0.366 e. The van der Waals surface area contributed by atoms with Gasteiger partial charge in [0.2, 0.25) is 5.91 Å². The molecule has 1 atom stereocenters. The predicted molar refractivity (Wildman–Crippen MR) is 55.9 cm³/mol. The zero-order chi connectivity index (χ0) is 11.0. The molecule has 2 rings (SSSR count). The summed E-state index contributed by atoms with van der Waals surface area (Å²) in [6.07, 6.45) is 0.616. The first-order valence-electron chi connectivity index (χ1n) is 5.00. The zero-order valence-electron chi connectivity index (χ0n) is 8.87. The Morgan fingerprint density at radius 3 is 2.93 bits per heavy atom. The van der Waals surface area contributed by atoms with Crippen molar-refractivity contribution in [3.05, 3.63) is 22.5 Å². The molecule has 0 aromatic carbocycles. The maximum absolute atomic E-state index is 11.3. The lowest BCUT2D eigenvalue weighted by Gasteiger charge is -2.12. The fourth-order valence-electron chi connectivity index (χ4n) is 2.02. The van der Waals surface area contributed by atoms with Gasteiger partial charge in [0.05, 0.1) is 5.70 Å². The van der Waals surface area contributed by atoms with E-state index in [0.29, 0.717) is 17.7 Å². The number of carbonyl (C=O) groups is 1. The molecule has 2 aliphatic heterocycles. The van der Waals surface area contributed by atoms with Gasteiger partial charge in [0, 0.05) is 23.7 Å². The molecule has 1 amide bonds. The van der Waals surface area contributed by atoms with E-state index >= 15 is 0 Å². The third kappa shape index (κ3) is 1.59. The first kappa shape index (κ1) is 10.0. The molecule has 15 heavy (non-hydrogen) atoms. The van der Waals surface area contributed by atoms with Crippen molar-refractivity contribution < 1.29 is 4.79 Å². The summed E-state index contributed by atoms with van der Waals surface area (Å²) < 4.78 is 0. The first-order chi connectivity index (χ1) is 7.11. The molecule has 1 unspecified atom stereocenters. The van der Waals surface area contributed by atoms with Gasteiger partial charge in [0.15, 0.2) is 0 Å². The highest BCUT2D eigenvalue weighted by Crippen LogP contribution is 2.32. The molecule has 5 heteroatoms. The zero-order valence-corrected chi connectivity index (χ0v) is 8.87. The number of rotatable bonds is 1. The number of nitrogens with one attached hydrogen (secondary N) is 1. The van der Waals surface area contributed by atoms with E-state index in [9.17, 15) is 4.79 Å². The highest BCUT2D eigenvalue weighted by Gasteiger charge is 2.28. The maximum Gasteiger partial charge on any atom is 0.246 e. The van der Waals surface area contributed by atoms with Gasteiger partial charge in [-0.05, 0) is 20.3 Å². The van der Waals surface area contributed by atoms with Crippen LogP contribution in [0.1, 0.15) is 20.3 Å². The van der Waals surface area contributed by atoms with Gasteiger partial charge in [-0.15, -0.1) is 5.11 Å². The Morgan fingerprint density at radius 1 is 1.53 bits per heavy atom. The third-order valence-electron chi connectivity index (χ3n) is 2.79. The van der Waals surface area contributed by atoms with E-state index < -0.39 is 5.91 Å². The van der Waals surface area contributed by atoms with Crippen molar-refractivity contribution in [2.45, 2.75) is 26.3 Å². The van der Waals surface area contributed by atoms with Gasteiger partial charge >= 0.3 is 0 Å². The summed E-state index contributed by atoms with van der Waals surface area (Å²) in [5.74, 6) is -0.396. The fourth-order valence-corrected chi connectivity index (χ4v) is 2.02. The van der Waals surface area contributed by atoms with Gasteiger partial charge in [0.1, 0.15) is 5.70 Å². The lowest BCUT2D eigenvalue weighted by atomic mass is 10.0. The van der Waals surface area contributed by atoms with Crippen LogP contribution in [0.2, 0.25) is 0 Å². The highest BCUT2D eigenvalue weighted by molar-refractivity contribution is 5.93. The number of amides is 1. The van der Waals surface area contributed by atoms with E-state index in [0.717, 1.165) is 17.8 Å². The molecule has 0 saturated heterocycles. The Kier molecular flexibility index (Phi) is 2.40. The fraction of sp³-hybridized carbons (Fsp3) is 0.500. The quantitative estimate of drug-likeness (QED) is 0.667. The van der Waals surface area contributed by atoms with Gasteiger partial charge in [-0.1, -0.05) is 0 Å². The average molecular weight is 206 g/mol. The smallest absolute Gasteiger partial charge is 0.246 e. The number of hydrogen-bond acceptors (Lipinski definition) is 4. The third-order valence-corrected chi connectivity index (χ3v) is 2.79. The molecule has 0 fully saturated rings. The number of allylic oxidation sites excluding steroid dienone is 1. The molecule has 0 radical (unpaired) electrons. The summed E-state index contributed by atoms with van der Waals surface area (Å²) in [6.45, 7) is 4.68. The summed E-state index contributed by atoms with van der Waals surface area (Å²) >= 11 is 0. The van der Waals surface area contributed by atoms with Crippen molar-refractivity contribution in [2.75, 3.05) is 6.54 Å². The molecular formula is C10H14N4O. The van der Waals surface area contributed by atoms with E-state index in [1.165, 1.54) is 0 Å². The standard InChI is InChI=1S/C10H14N4O/c1-5-8-6(2)13-14-9(8)7(10(11)15)3-4-12-5/h5,12H,3-4H2,1-2H3,(H2,11,15). The van der Waals surface area contributed by atoms with Crippen LogP contribution in [0.3, 0.4) is 0 Å². The van der Waals surface area contributed by atoms with Crippen LogP contribution >= 0.6 is 0 Å². The Balaban J connectivity index is 2.55. The average Bonchev–Trinajstić information content (AvgIpc) is 2.44. The van der Waals surface area contributed by atoms with Crippen molar-refractivity contribution in [1.82, 2.24) is 5.32 Å². The topological polar surface area (TPSA) is 79.8 Å². The predicted octanol–water partition coefficient (Wildman–Crippen LogP) is 0.847. The van der Waals surface area contributed by atoms with Crippen LogP contribution in [0, 0.1) is 0 Å². The highest BCUT2D eigenvalue weighted by atomic mass is 16.1. The van der Waals surface area contributed by atoms with E-state index in [1.54, 1.807) is 0 Å². The summed E-state index contributed by atoms with van der Waals surface area (Å²) in [5, 5.41) is 11.3. The number of fused-ring (bicyclic) bond motifs is 1. The summed E-state index contributed by atoms with van der Waals surface area (Å²) in [5.41, 5.74) is 8.47. The number of nitrogens with two attached hydrogens (primary N) is 1. The number of carbonyl (C=O) groups excluding carboxylic acids is 1. The van der Waals surface area contributed by atoms with Crippen LogP contribution in [0.4, 0.5) is 0 Å². The monoisotopic (exact) mass is 206 g/mol. The minimum Gasteiger partial charge on any atom is -0.366 e. The Bertz CT molecular complexity index is 406. The summed E-state index contributed by atoms with van der Waals surface area (Å²) in [6, 6.07) is 0.173. The molecule has 2 heterocycles. The molecule has 5 nitrogen and oxygen atoms in total. The number of azo groups is 1. The van der Waals surface area contributed by atoms with Crippen molar-refractivity contribution in [1.29, 1.82) is 0 Å². The molecule has 0 aliphatic carbocycles. The minimum atomic E-state index is -0.396. The van der Waals surface area contributed by atoms with Crippen LogP contribution in [0.5, 0.6) is 0 Å². The van der Waals surface area contributed by atoms with E-state index in [-0.39, 0.29) is 6.04 Å². The second-order valence-electron chi connectivity index (χ2n) is 3.82. The molecular weight excluding hydrogens is 192 g/mol. The van der Waals surface area contributed by atoms with E-state index in [4.69, 9.17) is 5.73 Å². The number of hydrogen-bond donors (Lipinski definition) is 2. The van der Waals surface area contributed by atoms with Crippen LogP contribution in [0.15, 0.2) is 32.8 Å². The minimum absolute atomic E-state index is 0.173. The molecule has 0 aromatic heterocycles. The molecule has 3 N–H and O–H groups in total. The second kappa shape index (κ2) is 3.58. The maximum atomic E-state index is 11.3. The number of nitrogens with zero attached hydrogens (tertiary/aromatic N) is 2. The molecule has 80 valence electrons.